The monoisotopic (exact) mass is 240 g/mol. The summed E-state index contributed by atoms with van der Waals surface area (Å²) in [5.74, 6) is 0.613. The van der Waals surface area contributed by atoms with Gasteiger partial charge < -0.3 is 0 Å². The Labute approximate surface area is 106 Å². The second kappa shape index (κ2) is 4.09. The largest absolute Gasteiger partial charge is 0.272 e. The molecule has 0 spiro atoms. The topological polar surface area (TPSA) is 34.9 Å². The van der Waals surface area contributed by atoms with Gasteiger partial charge in [0.25, 0.3) is 5.91 Å². The molecule has 1 saturated carbocycles. The molecular formula is C15H16N2O. The Morgan fingerprint density at radius 2 is 2.00 bits per heavy atom. The number of rotatable bonds is 2. The molecule has 0 aliphatic heterocycles. The lowest BCUT2D eigenvalue weighted by atomic mass is 10.1. The van der Waals surface area contributed by atoms with Crippen LogP contribution < -0.4 is 0 Å². The lowest BCUT2D eigenvalue weighted by Gasteiger charge is -2.02. The van der Waals surface area contributed by atoms with Crippen molar-refractivity contribution in [1.29, 1.82) is 0 Å². The zero-order chi connectivity index (χ0) is 12.7. The summed E-state index contributed by atoms with van der Waals surface area (Å²) in [5, 5.41) is 4.27. The molecule has 2 atom stereocenters. The molecule has 18 heavy (non-hydrogen) atoms. The highest BCUT2D eigenvalue weighted by Gasteiger charge is 2.45. The number of hydrogen-bond acceptors (Lipinski definition) is 2. The molecule has 3 heteroatoms. The first kappa shape index (κ1) is 11.2. The van der Waals surface area contributed by atoms with Crippen molar-refractivity contribution in [2.45, 2.75) is 26.2 Å². The molecule has 1 aromatic heterocycles. The molecule has 1 aromatic carbocycles. The minimum Gasteiger partial charge on any atom is -0.272 e. The van der Waals surface area contributed by atoms with Gasteiger partial charge >= 0.3 is 0 Å². The Kier molecular flexibility index (Phi) is 2.54. The fourth-order valence-corrected chi connectivity index (χ4v) is 2.55. The average molecular weight is 240 g/mol. The van der Waals surface area contributed by atoms with Crippen LogP contribution in [-0.2, 0) is 0 Å². The Morgan fingerprint density at radius 3 is 2.61 bits per heavy atom. The third kappa shape index (κ3) is 1.86. The molecule has 2 aromatic rings. The van der Waals surface area contributed by atoms with Crippen molar-refractivity contribution in [2.24, 2.45) is 5.92 Å². The maximum absolute atomic E-state index is 12.3. The molecule has 0 bridgehead atoms. The van der Waals surface area contributed by atoms with Crippen LogP contribution in [0.3, 0.4) is 0 Å². The van der Waals surface area contributed by atoms with E-state index in [0.29, 0.717) is 5.92 Å². The lowest BCUT2D eigenvalue weighted by molar-refractivity contribution is 0.0864. The molecule has 0 unspecified atom stereocenters. The average Bonchev–Trinajstić information content (AvgIpc) is 3.10. The van der Waals surface area contributed by atoms with Crippen LogP contribution in [0.2, 0.25) is 0 Å². The van der Waals surface area contributed by atoms with Crippen molar-refractivity contribution < 1.29 is 4.79 Å². The maximum atomic E-state index is 12.3. The van der Waals surface area contributed by atoms with E-state index in [1.54, 1.807) is 4.68 Å². The molecule has 0 amide bonds. The first-order chi connectivity index (χ1) is 8.66. The Balaban J connectivity index is 1.79. The summed E-state index contributed by atoms with van der Waals surface area (Å²) in [6.45, 7) is 3.84. The van der Waals surface area contributed by atoms with Gasteiger partial charge in [0.05, 0.1) is 5.69 Å². The number of aromatic nitrogens is 2. The van der Waals surface area contributed by atoms with Crippen LogP contribution in [0.25, 0.3) is 0 Å². The minimum absolute atomic E-state index is 0.102. The Morgan fingerprint density at radius 1 is 1.28 bits per heavy atom. The summed E-state index contributed by atoms with van der Waals surface area (Å²) < 4.78 is 1.56. The van der Waals surface area contributed by atoms with Gasteiger partial charge in [-0.1, -0.05) is 30.3 Å². The van der Waals surface area contributed by atoms with Crippen molar-refractivity contribution in [3.05, 3.63) is 53.3 Å². The van der Waals surface area contributed by atoms with Gasteiger partial charge in [0.2, 0.25) is 0 Å². The molecule has 1 heterocycles. The van der Waals surface area contributed by atoms with Gasteiger partial charge in [-0.25, -0.2) is 4.68 Å². The van der Waals surface area contributed by atoms with Gasteiger partial charge in [-0.3, -0.25) is 4.79 Å². The van der Waals surface area contributed by atoms with Gasteiger partial charge in [0.15, 0.2) is 0 Å². The highest BCUT2D eigenvalue weighted by Crippen LogP contribution is 2.48. The number of carbonyl (C=O) groups excluding carboxylic acids is 1. The van der Waals surface area contributed by atoms with Gasteiger partial charge in [0, 0.05) is 11.6 Å². The van der Waals surface area contributed by atoms with Crippen LogP contribution in [-0.4, -0.2) is 15.7 Å². The number of carbonyl (C=O) groups is 1. The van der Waals surface area contributed by atoms with E-state index in [2.05, 4.69) is 17.2 Å². The number of hydrogen-bond donors (Lipinski definition) is 0. The molecule has 3 nitrogen and oxygen atoms in total. The standard InChI is InChI=1S/C15H16N2O/c1-10-8-11(2)17(16-10)15(18)14-9-13(14)12-6-4-3-5-7-12/h3-8,13-14H,9H2,1-2H3/t13-,14-/m1/s1. The van der Waals surface area contributed by atoms with Crippen LogP contribution in [0, 0.1) is 19.8 Å². The third-order valence-corrected chi connectivity index (χ3v) is 3.55. The van der Waals surface area contributed by atoms with E-state index in [1.807, 2.05) is 38.1 Å². The van der Waals surface area contributed by atoms with E-state index in [0.717, 1.165) is 17.8 Å². The quantitative estimate of drug-likeness (QED) is 0.809. The van der Waals surface area contributed by atoms with E-state index in [1.165, 1.54) is 5.56 Å². The molecule has 0 saturated heterocycles. The third-order valence-electron chi connectivity index (χ3n) is 3.55. The first-order valence-corrected chi connectivity index (χ1v) is 6.29. The zero-order valence-corrected chi connectivity index (χ0v) is 10.6. The lowest BCUT2D eigenvalue weighted by Crippen LogP contribution is -2.16. The molecule has 3 rings (SSSR count). The molecule has 1 aliphatic carbocycles. The van der Waals surface area contributed by atoms with Crippen LogP contribution in [0.5, 0.6) is 0 Å². The normalized spacial score (nSPS) is 21.9. The van der Waals surface area contributed by atoms with E-state index in [-0.39, 0.29) is 11.8 Å². The van der Waals surface area contributed by atoms with Crippen LogP contribution >= 0.6 is 0 Å². The van der Waals surface area contributed by atoms with Crippen molar-refractivity contribution in [3.63, 3.8) is 0 Å². The molecule has 0 N–H and O–H groups in total. The second-order valence-corrected chi connectivity index (χ2v) is 5.04. The summed E-state index contributed by atoms with van der Waals surface area (Å²) in [6.07, 6.45) is 0.946. The summed E-state index contributed by atoms with van der Waals surface area (Å²) in [4.78, 5) is 12.3. The van der Waals surface area contributed by atoms with Gasteiger partial charge in [-0.05, 0) is 37.8 Å². The minimum atomic E-state index is 0.102. The van der Waals surface area contributed by atoms with E-state index in [4.69, 9.17) is 0 Å². The van der Waals surface area contributed by atoms with Crippen LogP contribution in [0.15, 0.2) is 36.4 Å². The van der Waals surface area contributed by atoms with Crippen LogP contribution in [0.4, 0.5) is 0 Å². The number of aryl methyl sites for hydroxylation is 2. The first-order valence-electron chi connectivity index (χ1n) is 6.29. The SMILES string of the molecule is Cc1cc(C)n(C(=O)[C@@H]2C[C@@H]2c2ccccc2)n1. The van der Waals surface area contributed by atoms with Crippen molar-refractivity contribution in [3.8, 4) is 0 Å². The van der Waals surface area contributed by atoms with Gasteiger partial charge in [0.1, 0.15) is 0 Å². The fourth-order valence-electron chi connectivity index (χ4n) is 2.55. The van der Waals surface area contributed by atoms with Crippen LogP contribution in [0.1, 0.15) is 34.1 Å². The van der Waals surface area contributed by atoms with Gasteiger partial charge in [-0.15, -0.1) is 0 Å². The predicted octanol–water partition coefficient (Wildman–Crippen LogP) is 2.94. The maximum Gasteiger partial charge on any atom is 0.250 e. The Hall–Kier alpha value is -1.90. The molecule has 92 valence electrons. The van der Waals surface area contributed by atoms with Gasteiger partial charge in [-0.2, -0.15) is 5.10 Å². The summed E-state index contributed by atoms with van der Waals surface area (Å²) in [5.41, 5.74) is 3.09. The predicted molar refractivity (Wildman–Crippen MR) is 69.6 cm³/mol. The summed E-state index contributed by atoms with van der Waals surface area (Å²) >= 11 is 0. The highest BCUT2D eigenvalue weighted by molar-refractivity contribution is 5.85. The van der Waals surface area contributed by atoms with Crippen molar-refractivity contribution in [1.82, 2.24) is 9.78 Å². The molecule has 1 aliphatic rings. The number of nitrogens with zero attached hydrogens (tertiary/aromatic N) is 2. The molecule has 0 radical (unpaired) electrons. The van der Waals surface area contributed by atoms with E-state index < -0.39 is 0 Å². The van der Waals surface area contributed by atoms with Crippen molar-refractivity contribution >= 4 is 5.91 Å². The van der Waals surface area contributed by atoms with Crippen molar-refractivity contribution in [2.75, 3.05) is 0 Å². The summed E-state index contributed by atoms with van der Waals surface area (Å²) in [7, 11) is 0. The second-order valence-electron chi connectivity index (χ2n) is 5.04. The Bertz CT molecular complexity index is 586. The zero-order valence-electron chi connectivity index (χ0n) is 10.6. The van der Waals surface area contributed by atoms with E-state index >= 15 is 0 Å². The highest BCUT2D eigenvalue weighted by atomic mass is 16.2. The smallest absolute Gasteiger partial charge is 0.250 e. The fraction of sp³-hybridized carbons (Fsp3) is 0.333. The molecule has 1 fully saturated rings. The summed E-state index contributed by atoms with van der Waals surface area (Å²) in [6, 6.07) is 12.2. The number of benzene rings is 1. The van der Waals surface area contributed by atoms with E-state index in [9.17, 15) is 4.79 Å². The molecular weight excluding hydrogens is 224 g/mol.